The highest BCUT2D eigenvalue weighted by Crippen LogP contribution is 2.40. The number of hydrogen-bond donors (Lipinski definition) is 2. The number of halogens is 2. The van der Waals surface area contributed by atoms with E-state index in [2.05, 4.69) is 15.9 Å². The van der Waals surface area contributed by atoms with Crippen molar-refractivity contribution in [1.82, 2.24) is 0 Å². The normalized spacial score (nSPS) is 18.9. The summed E-state index contributed by atoms with van der Waals surface area (Å²) in [5, 5.41) is 10.3. The first-order valence-electron chi connectivity index (χ1n) is 5.53. The van der Waals surface area contributed by atoms with Crippen molar-refractivity contribution < 1.29 is 5.11 Å². The average molecular weight is 305 g/mol. The zero-order chi connectivity index (χ0) is 11.7. The van der Waals surface area contributed by atoms with Gasteiger partial charge in [-0.05, 0) is 30.9 Å². The van der Waals surface area contributed by atoms with E-state index in [1.165, 1.54) is 12.8 Å². The van der Waals surface area contributed by atoms with Crippen LogP contribution in [0.4, 0.5) is 0 Å². The molecule has 2 nitrogen and oxygen atoms in total. The second kappa shape index (κ2) is 4.94. The molecule has 0 spiro atoms. The van der Waals surface area contributed by atoms with Crippen molar-refractivity contribution in [3.63, 3.8) is 0 Å². The average Bonchev–Trinajstić information content (AvgIpc) is 2.75. The van der Waals surface area contributed by atoms with Crippen LogP contribution < -0.4 is 5.73 Å². The molecule has 16 heavy (non-hydrogen) atoms. The summed E-state index contributed by atoms with van der Waals surface area (Å²) in [6.07, 6.45) is 4.76. The monoisotopic (exact) mass is 303 g/mol. The third-order valence-electron chi connectivity index (χ3n) is 3.32. The fourth-order valence-corrected chi connectivity index (χ4v) is 3.24. The van der Waals surface area contributed by atoms with Crippen LogP contribution in [0.25, 0.3) is 0 Å². The molecule has 0 heterocycles. The summed E-state index contributed by atoms with van der Waals surface area (Å²) < 4.78 is 0.860. The van der Waals surface area contributed by atoms with Gasteiger partial charge in [0.2, 0.25) is 0 Å². The Balaban J connectivity index is 2.31. The molecule has 1 aliphatic carbocycles. The lowest BCUT2D eigenvalue weighted by molar-refractivity contribution is 0.412. The summed E-state index contributed by atoms with van der Waals surface area (Å²) in [6.45, 7) is 0. The van der Waals surface area contributed by atoms with Gasteiger partial charge in [0.15, 0.2) is 0 Å². The summed E-state index contributed by atoms with van der Waals surface area (Å²) in [5.74, 6) is 0.598. The standard InChI is InChI=1S/C12H15BrClNO/c13-8-5-9(12(16)10(14)6-8)11(15)7-3-1-2-4-7/h5-7,11,16H,1-4,15H2/t11-/m1/s1. The van der Waals surface area contributed by atoms with Crippen molar-refractivity contribution in [1.29, 1.82) is 0 Å². The van der Waals surface area contributed by atoms with Crippen LogP contribution >= 0.6 is 27.5 Å². The minimum absolute atomic E-state index is 0.113. The Kier molecular flexibility index (Phi) is 3.77. The second-order valence-electron chi connectivity index (χ2n) is 4.40. The van der Waals surface area contributed by atoms with Gasteiger partial charge >= 0.3 is 0 Å². The largest absolute Gasteiger partial charge is 0.506 e. The summed E-state index contributed by atoms with van der Waals surface area (Å²) in [4.78, 5) is 0. The summed E-state index contributed by atoms with van der Waals surface area (Å²) in [6, 6.07) is 3.43. The van der Waals surface area contributed by atoms with Gasteiger partial charge in [-0.1, -0.05) is 40.4 Å². The maximum atomic E-state index is 9.92. The Morgan fingerprint density at radius 2 is 2.00 bits per heavy atom. The van der Waals surface area contributed by atoms with Crippen LogP contribution in [0.3, 0.4) is 0 Å². The molecule has 1 saturated carbocycles. The van der Waals surface area contributed by atoms with E-state index >= 15 is 0 Å². The minimum Gasteiger partial charge on any atom is -0.506 e. The highest BCUT2D eigenvalue weighted by Gasteiger charge is 2.26. The second-order valence-corrected chi connectivity index (χ2v) is 5.72. The number of phenolic OH excluding ortho intramolecular Hbond substituents is 1. The van der Waals surface area contributed by atoms with Crippen LogP contribution in [0, 0.1) is 5.92 Å². The first-order chi connectivity index (χ1) is 7.59. The molecule has 1 aliphatic rings. The van der Waals surface area contributed by atoms with E-state index in [1.807, 2.05) is 6.07 Å². The van der Waals surface area contributed by atoms with Crippen molar-refractivity contribution in [2.45, 2.75) is 31.7 Å². The van der Waals surface area contributed by atoms with E-state index in [4.69, 9.17) is 17.3 Å². The molecule has 1 aromatic carbocycles. The van der Waals surface area contributed by atoms with Crippen LogP contribution in [0.5, 0.6) is 5.75 Å². The van der Waals surface area contributed by atoms with Gasteiger partial charge < -0.3 is 10.8 Å². The SMILES string of the molecule is N[C@@H](c1cc(Br)cc(Cl)c1O)C1CCCC1. The molecule has 3 N–H and O–H groups in total. The lowest BCUT2D eigenvalue weighted by atomic mass is 9.92. The molecular formula is C12H15BrClNO. The van der Waals surface area contributed by atoms with Gasteiger partial charge in [0.25, 0.3) is 0 Å². The molecular weight excluding hydrogens is 289 g/mol. The summed E-state index contributed by atoms with van der Waals surface area (Å²) in [7, 11) is 0. The fraction of sp³-hybridized carbons (Fsp3) is 0.500. The van der Waals surface area contributed by atoms with Crippen molar-refractivity contribution >= 4 is 27.5 Å². The van der Waals surface area contributed by atoms with Crippen LogP contribution in [0.15, 0.2) is 16.6 Å². The number of benzene rings is 1. The number of hydrogen-bond acceptors (Lipinski definition) is 2. The van der Waals surface area contributed by atoms with Crippen LogP contribution in [0.2, 0.25) is 5.02 Å². The maximum Gasteiger partial charge on any atom is 0.139 e. The molecule has 88 valence electrons. The predicted octanol–water partition coefficient (Wildman–Crippen LogP) is 4.00. The molecule has 1 aromatic rings. The van der Waals surface area contributed by atoms with Crippen molar-refractivity contribution in [2.75, 3.05) is 0 Å². The van der Waals surface area contributed by atoms with Gasteiger partial charge in [-0.3, -0.25) is 0 Å². The van der Waals surface area contributed by atoms with Gasteiger partial charge in [-0.15, -0.1) is 0 Å². The molecule has 0 aliphatic heterocycles. The first-order valence-corrected chi connectivity index (χ1v) is 6.70. The number of rotatable bonds is 2. The van der Waals surface area contributed by atoms with Gasteiger partial charge in [-0.25, -0.2) is 0 Å². The summed E-state index contributed by atoms with van der Waals surface area (Å²) in [5.41, 5.74) is 6.96. The first kappa shape index (κ1) is 12.2. The van der Waals surface area contributed by atoms with E-state index in [0.717, 1.165) is 22.9 Å². The zero-order valence-electron chi connectivity index (χ0n) is 8.92. The molecule has 0 saturated heterocycles. The molecule has 0 aromatic heterocycles. The van der Waals surface area contributed by atoms with Crippen molar-refractivity contribution in [3.8, 4) is 5.75 Å². The molecule has 1 atom stereocenters. The quantitative estimate of drug-likeness (QED) is 0.867. The van der Waals surface area contributed by atoms with E-state index in [9.17, 15) is 5.11 Å². The molecule has 0 radical (unpaired) electrons. The lowest BCUT2D eigenvalue weighted by Crippen LogP contribution is -2.19. The molecule has 4 heteroatoms. The number of aromatic hydroxyl groups is 1. The van der Waals surface area contributed by atoms with Crippen LogP contribution in [0.1, 0.15) is 37.3 Å². The highest BCUT2D eigenvalue weighted by molar-refractivity contribution is 9.10. The predicted molar refractivity (Wildman–Crippen MR) is 69.7 cm³/mol. The number of nitrogens with two attached hydrogens (primary N) is 1. The number of phenols is 1. The van der Waals surface area contributed by atoms with Crippen LogP contribution in [-0.2, 0) is 0 Å². The topological polar surface area (TPSA) is 46.2 Å². The third-order valence-corrected chi connectivity index (χ3v) is 4.07. The van der Waals surface area contributed by atoms with E-state index < -0.39 is 0 Å². The maximum absolute atomic E-state index is 9.92. The Hall–Kier alpha value is -0.250. The van der Waals surface area contributed by atoms with Crippen LogP contribution in [-0.4, -0.2) is 5.11 Å². The molecule has 0 amide bonds. The van der Waals surface area contributed by atoms with Crippen molar-refractivity contribution in [2.24, 2.45) is 11.7 Å². The fourth-order valence-electron chi connectivity index (χ4n) is 2.41. The van der Waals surface area contributed by atoms with Gasteiger partial charge in [-0.2, -0.15) is 0 Å². The van der Waals surface area contributed by atoms with E-state index in [1.54, 1.807) is 6.07 Å². The smallest absolute Gasteiger partial charge is 0.139 e. The van der Waals surface area contributed by atoms with E-state index in [-0.39, 0.29) is 11.8 Å². The minimum atomic E-state index is -0.113. The van der Waals surface area contributed by atoms with Crippen molar-refractivity contribution in [3.05, 3.63) is 27.2 Å². The Morgan fingerprint density at radius 3 is 2.62 bits per heavy atom. The Morgan fingerprint density at radius 1 is 1.38 bits per heavy atom. The van der Waals surface area contributed by atoms with E-state index in [0.29, 0.717) is 10.9 Å². The van der Waals surface area contributed by atoms with Gasteiger partial charge in [0.05, 0.1) is 5.02 Å². The Labute approximate surface area is 109 Å². The zero-order valence-corrected chi connectivity index (χ0v) is 11.3. The molecule has 2 rings (SSSR count). The summed E-state index contributed by atoms with van der Waals surface area (Å²) >= 11 is 9.31. The van der Waals surface area contributed by atoms with Gasteiger partial charge in [0, 0.05) is 16.1 Å². The lowest BCUT2D eigenvalue weighted by Gasteiger charge is -2.21. The molecule has 0 bridgehead atoms. The molecule has 0 unspecified atom stereocenters. The Bertz CT molecular complexity index is 391. The third kappa shape index (κ3) is 2.36. The highest BCUT2D eigenvalue weighted by atomic mass is 79.9. The molecule has 1 fully saturated rings. The van der Waals surface area contributed by atoms with Gasteiger partial charge in [0.1, 0.15) is 5.75 Å².